The van der Waals surface area contributed by atoms with Gasteiger partial charge in [-0.05, 0) is 37.4 Å². The zero-order chi connectivity index (χ0) is 9.97. The van der Waals surface area contributed by atoms with E-state index >= 15 is 0 Å². The molecular weight excluding hydrogens is 218 g/mol. The summed E-state index contributed by atoms with van der Waals surface area (Å²) in [6.45, 7) is 1.90. The largest absolute Gasteiger partial charge is 0.393 e. The van der Waals surface area contributed by atoms with E-state index in [1.165, 1.54) is 4.88 Å². The van der Waals surface area contributed by atoms with E-state index in [9.17, 15) is 0 Å². The van der Waals surface area contributed by atoms with Gasteiger partial charge in [0.15, 0.2) is 0 Å². The summed E-state index contributed by atoms with van der Waals surface area (Å²) in [7, 11) is 0. The Balaban J connectivity index is 1.63. The molecule has 2 N–H and O–H groups in total. The van der Waals surface area contributed by atoms with Crippen LogP contribution in [0.25, 0.3) is 0 Å². The molecular formula is C10H14ClNOS. The van der Waals surface area contributed by atoms with Crippen molar-refractivity contribution in [3.63, 3.8) is 0 Å². The minimum atomic E-state index is -0.0435. The first kappa shape index (κ1) is 10.4. The van der Waals surface area contributed by atoms with Gasteiger partial charge in [0.25, 0.3) is 0 Å². The molecule has 1 saturated carbocycles. The minimum absolute atomic E-state index is 0.0435. The molecule has 4 heteroatoms. The number of aliphatic hydroxyl groups excluding tert-OH is 1. The third kappa shape index (κ3) is 2.70. The molecule has 0 saturated heterocycles. The van der Waals surface area contributed by atoms with Crippen molar-refractivity contribution in [2.45, 2.75) is 25.5 Å². The summed E-state index contributed by atoms with van der Waals surface area (Å²) < 4.78 is 0.848. The van der Waals surface area contributed by atoms with E-state index < -0.39 is 0 Å². The highest BCUT2D eigenvalue weighted by atomic mass is 35.5. The van der Waals surface area contributed by atoms with Crippen molar-refractivity contribution in [1.29, 1.82) is 0 Å². The standard InChI is InChI=1S/C10H14ClNOS/c11-10-2-1-9(14-10)6-12-5-7-3-8(13)4-7/h1-2,7-8,12-13H,3-6H2. The lowest BCUT2D eigenvalue weighted by Crippen LogP contribution is -2.35. The van der Waals surface area contributed by atoms with Crippen molar-refractivity contribution in [2.75, 3.05) is 6.54 Å². The van der Waals surface area contributed by atoms with Crippen LogP contribution in [0.15, 0.2) is 12.1 Å². The average Bonchev–Trinajstić information content (AvgIpc) is 2.48. The molecule has 0 aromatic carbocycles. The number of hydrogen-bond acceptors (Lipinski definition) is 3. The SMILES string of the molecule is OC1CC(CNCc2ccc(Cl)s2)C1. The van der Waals surface area contributed by atoms with Crippen molar-refractivity contribution in [3.8, 4) is 0 Å². The number of halogens is 1. The summed E-state index contributed by atoms with van der Waals surface area (Å²) >= 11 is 7.44. The van der Waals surface area contributed by atoms with E-state index in [4.69, 9.17) is 16.7 Å². The fourth-order valence-corrected chi connectivity index (χ4v) is 2.77. The van der Waals surface area contributed by atoms with Crippen LogP contribution in [0.3, 0.4) is 0 Å². The average molecular weight is 232 g/mol. The molecule has 2 rings (SSSR count). The molecule has 0 aliphatic heterocycles. The van der Waals surface area contributed by atoms with Gasteiger partial charge in [-0.25, -0.2) is 0 Å². The maximum absolute atomic E-state index is 9.09. The first-order valence-corrected chi connectivity index (χ1v) is 6.06. The molecule has 1 aliphatic carbocycles. The van der Waals surface area contributed by atoms with Crippen LogP contribution >= 0.6 is 22.9 Å². The molecule has 0 amide bonds. The molecule has 0 bridgehead atoms. The predicted molar refractivity (Wildman–Crippen MR) is 59.8 cm³/mol. The first-order chi connectivity index (χ1) is 6.74. The summed E-state index contributed by atoms with van der Waals surface area (Å²) in [5, 5.41) is 12.5. The van der Waals surface area contributed by atoms with Gasteiger partial charge in [-0.15, -0.1) is 11.3 Å². The highest BCUT2D eigenvalue weighted by Crippen LogP contribution is 2.26. The van der Waals surface area contributed by atoms with Gasteiger partial charge in [-0.3, -0.25) is 0 Å². The number of hydrogen-bond donors (Lipinski definition) is 2. The molecule has 2 nitrogen and oxygen atoms in total. The Labute approximate surface area is 92.9 Å². The third-order valence-corrected chi connectivity index (χ3v) is 3.80. The second-order valence-corrected chi connectivity index (χ2v) is 5.63. The number of rotatable bonds is 4. The van der Waals surface area contributed by atoms with Crippen LogP contribution in [-0.2, 0) is 6.54 Å². The summed E-state index contributed by atoms with van der Waals surface area (Å²) in [4.78, 5) is 1.27. The molecule has 1 fully saturated rings. The normalized spacial score (nSPS) is 26.1. The van der Waals surface area contributed by atoms with Gasteiger partial charge in [-0.2, -0.15) is 0 Å². The van der Waals surface area contributed by atoms with E-state index in [1.807, 2.05) is 6.07 Å². The topological polar surface area (TPSA) is 32.3 Å². The van der Waals surface area contributed by atoms with Gasteiger partial charge in [0.05, 0.1) is 10.4 Å². The maximum Gasteiger partial charge on any atom is 0.0931 e. The van der Waals surface area contributed by atoms with Crippen molar-refractivity contribution >= 4 is 22.9 Å². The van der Waals surface area contributed by atoms with E-state index in [0.717, 1.165) is 30.3 Å². The van der Waals surface area contributed by atoms with E-state index in [0.29, 0.717) is 5.92 Å². The van der Waals surface area contributed by atoms with Gasteiger partial charge in [0.2, 0.25) is 0 Å². The van der Waals surface area contributed by atoms with Crippen molar-refractivity contribution in [2.24, 2.45) is 5.92 Å². The maximum atomic E-state index is 9.09. The lowest BCUT2D eigenvalue weighted by Gasteiger charge is -2.31. The molecule has 0 unspecified atom stereocenters. The van der Waals surface area contributed by atoms with Crippen molar-refractivity contribution < 1.29 is 5.11 Å². The molecule has 1 heterocycles. The van der Waals surface area contributed by atoms with Crippen LogP contribution in [0, 0.1) is 5.92 Å². The Morgan fingerprint density at radius 3 is 2.86 bits per heavy atom. The summed E-state index contributed by atoms with van der Waals surface area (Å²) in [6, 6.07) is 3.98. The second-order valence-electron chi connectivity index (χ2n) is 3.83. The quantitative estimate of drug-likeness (QED) is 0.833. The summed E-state index contributed by atoms with van der Waals surface area (Å²) in [5.41, 5.74) is 0. The molecule has 1 aliphatic rings. The van der Waals surface area contributed by atoms with Crippen molar-refractivity contribution in [3.05, 3.63) is 21.3 Å². The van der Waals surface area contributed by atoms with E-state index in [-0.39, 0.29) is 6.10 Å². The van der Waals surface area contributed by atoms with Crippen LogP contribution in [0.4, 0.5) is 0 Å². The molecule has 1 aromatic rings. The van der Waals surface area contributed by atoms with Gasteiger partial charge in [0, 0.05) is 11.4 Å². The zero-order valence-corrected chi connectivity index (χ0v) is 9.44. The summed E-state index contributed by atoms with van der Waals surface area (Å²) in [6.07, 6.45) is 1.87. The summed E-state index contributed by atoms with van der Waals surface area (Å²) in [5.74, 6) is 0.667. The predicted octanol–water partition coefficient (Wildman–Crippen LogP) is 2.26. The molecule has 1 aromatic heterocycles. The van der Waals surface area contributed by atoms with Gasteiger partial charge in [0.1, 0.15) is 0 Å². The lowest BCUT2D eigenvalue weighted by atomic mass is 9.82. The monoisotopic (exact) mass is 231 g/mol. The number of nitrogens with one attached hydrogen (secondary N) is 1. The Morgan fingerprint density at radius 2 is 2.29 bits per heavy atom. The van der Waals surface area contributed by atoms with Crippen LogP contribution in [-0.4, -0.2) is 17.8 Å². The first-order valence-electron chi connectivity index (χ1n) is 4.87. The van der Waals surface area contributed by atoms with E-state index in [1.54, 1.807) is 11.3 Å². The fourth-order valence-electron chi connectivity index (χ4n) is 1.71. The second kappa shape index (κ2) is 4.62. The number of thiophene rings is 1. The van der Waals surface area contributed by atoms with E-state index in [2.05, 4.69) is 11.4 Å². The molecule has 0 spiro atoms. The van der Waals surface area contributed by atoms with Crippen LogP contribution in [0.1, 0.15) is 17.7 Å². The minimum Gasteiger partial charge on any atom is -0.393 e. The zero-order valence-electron chi connectivity index (χ0n) is 7.87. The molecule has 14 heavy (non-hydrogen) atoms. The van der Waals surface area contributed by atoms with Gasteiger partial charge >= 0.3 is 0 Å². The van der Waals surface area contributed by atoms with Crippen LogP contribution in [0.5, 0.6) is 0 Å². The Morgan fingerprint density at radius 1 is 1.50 bits per heavy atom. The van der Waals surface area contributed by atoms with Gasteiger partial charge in [-0.1, -0.05) is 11.6 Å². The molecule has 0 atom stereocenters. The van der Waals surface area contributed by atoms with Crippen LogP contribution < -0.4 is 5.32 Å². The third-order valence-electron chi connectivity index (χ3n) is 2.57. The fraction of sp³-hybridized carbons (Fsp3) is 0.600. The Bertz CT molecular complexity index is 296. The Kier molecular flexibility index (Phi) is 3.44. The molecule has 0 radical (unpaired) electrons. The highest BCUT2D eigenvalue weighted by molar-refractivity contribution is 7.16. The van der Waals surface area contributed by atoms with Crippen LogP contribution in [0.2, 0.25) is 4.34 Å². The smallest absolute Gasteiger partial charge is 0.0931 e. The molecule has 78 valence electrons. The highest BCUT2D eigenvalue weighted by Gasteiger charge is 2.26. The van der Waals surface area contributed by atoms with Crippen molar-refractivity contribution in [1.82, 2.24) is 5.32 Å². The lowest BCUT2D eigenvalue weighted by molar-refractivity contribution is 0.0430. The number of aliphatic hydroxyl groups is 1. The Hall–Kier alpha value is -0.0900. The van der Waals surface area contributed by atoms with Gasteiger partial charge < -0.3 is 10.4 Å².